The van der Waals surface area contributed by atoms with E-state index in [1.165, 1.54) is 0 Å². The Morgan fingerprint density at radius 2 is 1.64 bits per heavy atom. The van der Waals surface area contributed by atoms with Crippen LogP contribution in [0.2, 0.25) is 0 Å². The molecule has 2 amide bonds. The summed E-state index contributed by atoms with van der Waals surface area (Å²) in [5.41, 5.74) is 2.30. The number of nitrogens with one attached hydrogen (secondary N) is 2. The molecule has 0 heterocycles. The summed E-state index contributed by atoms with van der Waals surface area (Å²) in [5.74, 6) is -3.65. The minimum Gasteiger partial charge on any atom is -0.550 e. The molecule has 2 aromatic rings. The van der Waals surface area contributed by atoms with Crippen molar-refractivity contribution < 1.29 is 19.5 Å². The SMILES string of the molecule is Cc1cccc(NC(=O)c2ccccc2NC(=O)[C@H]2CC=CC[C@@H]2C(=O)[O-])c1. The highest BCUT2D eigenvalue weighted by Crippen LogP contribution is 2.27. The fourth-order valence-corrected chi connectivity index (χ4v) is 3.30. The van der Waals surface area contributed by atoms with Gasteiger partial charge in [-0.25, -0.2) is 0 Å². The van der Waals surface area contributed by atoms with E-state index in [2.05, 4.69) is 10.6 Å². The van der Waals surface area contributed by atoms with Gasteiger partial charge in [-0.1, -0.05) is 36.4 Å². The van der Waals surface area contributed by atoms with Crippen LogP contribution in [-0.4, -0.2) is 17.8 Å². The molecule has 0 saturated carbocycles. The van der Waals surface area contributed by atoms with Crippen LogP contribution in [0.1, 0.15) is 28.8 Å². The van der Waals surface area contributed by atoms with Crippen molar-refractivity contribution in [3.63, 3.8) is 0 Å². The van der Waals surface area contributed by atoms with Crippen molar-refractivity contribution >= 4 is 29.2 Å². The molecule has 0 aliphatic heterocycles. The molecule has 0 spiro atoms. The molecular formula is C22H21N2O4-. The summed E-state index contributed by atoms with van der Waals surface area (Å²) < 4.78 is 0. The number of anilines is 2. The maximum atomic E-state index is 12.7. The number of aryl methyl sites for hydroxylation is 1. The van der Waals surface area contributed by atoms with Crippen molar-refractivity contribution in [3.05, 3.63) is 71.8 Å². The van der Waals surface area contributed by atoms with Gasteiger partial charge in [0.2, 0.25) is 5.91 Å². The number of amides is 2. The average molecular weight is 377 g/mol. The predicted octanol–water partition coefficient (Wildman–Crippen LogP) is 2.52. The smallest absolute Gasteiger partial charge is 0.257 e. The standard InChI is InChI=1S/C22H22N2O4/c1-14-7-6-8-15(13-14)23-21(26)18-11-4-5-12-19(18)24-20(25)16-9-2-3-10-17(16)22(27)28/h2-8,11-13,16-17H,9-10H2,1H3,(H,23,26)(H,24,25)(H,27,28)/p-1/t16-,17-/m0/s1. The fraction of sp³-hybridized carbons (Fsp3) is 0.227. The zero-order chi connectivity index (χ0) is 20.1. The van der Waals surface area contributed by atoms with E-state index in [1.807, 2.05) is 25.1 Å². The molecule has 0 bridgehead atoms. The van der Waals surface area contributed by atoms with Gasteiger partial charge in [-0.3, -0.25) is 9.59 Å². The second-order valence-corrected chi connectivity index (χ2v) is 6.83. The minimum absolute atomic E-state index is 0.260. The molecule has 0 unspecified atom stereocenters. The summed E-state index contributed by atoms with van der Waals surface area (Å²) in [6.45, 7) is 1.93. The molecule has 0 fully saturated rings. The molecule has 0 saturated heterocycles. The number of carboxylic acids is 1. The number of carboxylic acid groups (broad SMARTS) is 1. The van der Waals surface area contributed by atoms with Crippen molar-refractivity contribution in [1.29, 1.82) is 0 Å². The van der Waals surface area contributed by atoms with Gasteiger partial charge in [0.15, 0.2) is 0 Å². The largest absolute Gasteiger partial charge is 0.550 e. The molecule has 0 radical (unpaired) electrons. The van der Waals surface area contributed by atoms with E-state index in [0.717, 1.165) is 5.56 Å². The quantitative estimate of drug-likeness (QED) is 0.782. The molecule has 28 heavy (non-hydrogen) atoms. The number of hydrogen-bond donors (Lipinski definition) is 2. The van der Waals surface area contributed by atoms with E-state index in [9.17, 15) is 19.5 Å². The van der Waals surface area contributed by atoms with Crippen molar-refractivity contribution in [1.82, 2.24) is 0 Å². The van der Waals surface area contributed by atoms with Crippen LogP contribution in [-0.2, 0) is 9.59 Å². The molecule has 2 atom stereocenters. The van der Waals surface area contributed by atoms with E-state index in [1.54, 1.807) is 42.5 Å². The molecule has 144 valence electrons. The highest BCUT2D eigenvalue weighted by Gasteiger charge is 2.30. The molecule has 2 aromatic carbocycles. The normalized spacial score (nSPS) is 18.3. The Hall–Kier alpha value is -3.41. The van der Waals surface area contributed by atoms with Crippen LogP contribution in [0.4, 0.5) is 11.4 Å². The number of carbonyl (C=O) groups is 3. The number of carbonyl (C=O) groups excluding carboxylic acids is 3. The zero-order valence-electron chi connectivity index (χ0n) is 15.5. The summed E-state index contributed by atoms with van der Waals surface area (Å²) in [6.07, 6.45) is 4.12. The van der Waals surface area contributed by atoms with Crippen LogP contribution in [0, 0.1) is 18.8 Å². The summed E-state index contributed by atoms with van der Waals surface area (Å²) >= 11 is 0. The third-order valence-corrected chi connectivity index (χ3v) is 4.78. The fourth-order valence-electron chi connectivity index (χ4n) is 3.30. The first-order valence-electron chi connectivity index (χ1n) is 9.09. The molecule has 2 N–H and O–H groups in total. The number of benzene rings is 2. The van der Waals surface area contributed by atoms with E-state index in [-0.39, 0.29) is 12.3 Å². The Morgan fingerprint density at radius 1 is 0.929 bits per heavy atom. The maximum absolute atomic E-state index is 12.7. The lowest BCUT2D eigenvalue weighted by molar-refractivity contribution is -0.313. The van der Waals surface area contributed by atoms with Gasteiger partial charge in [0, 0.05) is 17.6 Å². The van der Waals surface area contributed by atoms with Crippen LogP contribution < -0.4 is 15.7 Å². The number of hydrogen-bond acceptors (Lipinski definition) is 4. The van der Waals surface area contributed by atoms with E-state index < -0.39 is 23.7 Å². The number of rotatable bonds is 5. The summed E-state index contributed by atoms with van der Waals surface area (Å²) in [6, 6.07) is 14.0. The second kappa shape index (κ2) is 8.52. The van der Waals surface area contributed by atoms with E-state index in [0.29, 0.717) is 23.4 Å². The number of allylic oxidation sites excluding steroid dienone is 2. The molecule has 0 aromatic heterocycles. The van der Waals surface area contributed by atoms with Crippen LogP contribution in [0.3, 0.4) is 0 Å². The molecule has 1 aliphatic carbocycles. The van der Waals surface area contributed by atoms with Crippen molar-refractivity contribution in [3.8, 4) is 0 Å². The van der Waals surface area contributed by atoms with Crippen LogP contribution in [0.15, 0.2) is 60.7 Å². The van der Waals surface area contributed by atoms with Crippen LogP contribution in [0.5, 0.6) is 0 Å². The molecule has 6 heteroatoms. The first-order valence-corrected chi connectivity index (χ1v) is 9.09. The van der Waals surface area contributed by atoms with Gasteiger partial charge < -0.3 is 20.5 Å². The Labute approximate surface area is 163 Å². The lowest BCUT2D eigenvalue weighted by atomic mass is 9.82. The third-order valence-electron chi connectivity index (χ3n) is 4.78. The van der Waals surface area contributed by atoms with Gasteiger partial charge in [-0.2, -0.15) is 0 Å². The van der Waals surface area contributed by atoms with E-state index in [4.69, 9.17) is 0 Å². The Bertz CT molecular complexity index is 936. The monoisotopic (exact) mass is 377 g/mol. The second-order valence-electron chi connectivity index (χ2n) is 6.83. The average Bonchev–Trinajstić information content (AvgIpc) is 2.68. The van der Waals surface area contributed by atoms with Gasteiger partial charge in [-0.05, 0) is 49.6 Å². The van der Waals surface area contributed by atoms with Crippen LogP contribution in [0.25, 0.3) is 0 Å². The minimum atomic E-state index is -1.24. The zero-order valence-corrected chi connectivity index (χ0v) is 15.5. The maximum Gasteiger partial charge on any atom is 0.257 e. The third kappa shape index (κ3) is 4.46. The van der Waals surface area contributed by atoms with Crippen molar-refractivity contribution in [2.24, 2.45) is 11.8 Å². The lowest BCUT2D eigenvalue weighted by Crippen LogP contribution is -2.41. The van der Waals surface area contributed by atoms with E-state index >= 15 is 0 Å². The molecule has 6 nitrogen and oxygen atoms in total. The Kier molecular flexibility index (Phi) is 5.89. The number of aliphatic carboxylic acids is 1. The number of para-hydroxylation sites is 1. The van der Waals surface area contributed by atoms with Gasteiger partial charge in [0.1, 0.15) is 0 Å². The summed E-state index contributed by atoms with van der Waals surface area (Å²) in [7, 11) is 0. The highest BCUT2D eigenvalue weighted by atomic mass is 16.4. The topological polar surface area (TPSA) is 98.3 Å². The van der Waals surface area contributed by atoms with Crippen molar-refractivity contribution in [2.75, 3.05) is 10.6 Å². The molecular weight excluding hydrogens is 356 g/mol. The summed E-state index contributed by atoms with van der Waals surface area (Å²) in [4.78, 5) is 36.7. The first-order chi connectivity index (χ1) is 13.5. The van der Waals surface area contributed by atoms with Gasteiger partial charge >= 0.3 is 0 Å². The lowest BCUT2D eigenvalue weighted by Gasteiger charge is -2.28. The van der Waals surface area contributed by atoms with Crippen molar-refractivity contribution in [2.45, 2.75) is 19.8 Å². The Morgan fingerprint density at radius 3 is 2.36 bits per heavy atom. The first kappa shape index (κ1) is 19.4. The summed E-state index contributed by atoms with van der Waals surface area (Å²) in [5, 5.41) is 16.9. The molecule has 1 aliphatic rings. The van der Waals surface area contributed by atoms with Crippen LogP contribution >= 0.6 is 0 Å². The van der Waals surface area contributed by atoms with Gasteiger partial charge in [-0.15, -0.1) is 0 Å². The highest BCUT2D eigenvalue weighted by molar-refractivity contribution is 6.10. The predicted molar refractivity (Wildman–Crippen MR) is 105 cm³/mol. The Balaban J connectivity index is 1.78. The van der Waals surface area contributed by atoms with Gasteiger partial charge in [0.05, 0.1) is 17.2 Å². The van der Waals surface area contributed by atoms with Gasteiger partial charge in [0.25, 0.3) is 5.91 Å². The molecule has 3 rings (SSSR count).